The molecule has 0 saturated carbocycles. The summed E-state index contributed by atoms with van der Waals surface area (Å²) in [7, 11) is 1.44. The van der Waals surface area contributed by atoms with Crippen LogP contribution < -0.4 is 15.0 Å². The number of hydrogen-bond donors (Lipinski definition) is 1. The topological polar surface area (TPSA) is 121 Å². The Labute approximate surface area is 171 Å². The van der Waals surface area contributed by atoms with Gasteiger partial charge in [0.2, 0.25) is 0 Å². The van der Waals surface area contributed by atoms with Gasteiger partial charge < -0.3 is 19.2 Å². The number of benzene rings is 2. The molecule has 9 nitrogen and oxygen atoms in total. The number of H-pyrrole nitrogens is 1. The molecule has 156 valence electrons. The molecule has 0 saturated heterocycles. The van der Waals surface area contributed by atoms with Crippen molar-refractivity contribution in [3.05, 3.63) is 62.9 Å². The molecule has 2 aromatic carbocycles. The number of nitrogens with one attached hydrogen (secondary N) is 1. The van der Waals surface area contributed by atoms with Crippen molar-refractivity contribution in [2.45, 2.75) is 26.4 Å². The number of carbonyl (C=O) groups is 1. The molecule has 0 unspecified atom stereocenters. The fourth-order valence-corrected chi connectivity index (χ4v) is 2.87. The third kappa shape index (κ3) is 4.40. The Kier molecular flexibility index (Phi) is 5.46. The fourth-order valence-electron chi connectivity index (χ4n) is 2.87. The predicted molar refractivity (Wildman–Crippen MR) is 110 cm³/mol. The van der Waals surface area contributed by atoms with Crippen molar-refractivity contribution >= 4 is 22.6 Å². The molecule has 9 heteroatoms. The second kappa shape index (κ2) is 7.86. The summed E-state index contributed by atoms with van der Waals surface area (Å²) in [5, 5.41) is 12.1. The minimum absolute atomic E-state index is 0.0477. The number of nitro groups is 1. The fraction of sp³-hybridized carbons (Fsp3) is 0.238. The zero-order chi connectivity index (χ0) is 22.1. The minimum atomic E-state index is -0.866. The number of nitrogens with zero attached hydrogens (tertiary/aromatic N) is 1. The van der Waals surface area contributed by atoms with Crippen LogP contribution in [0.1, 0.15) is 20.8 Å². The number of ether oxygens (including phenoxy) is 3. The van der Waals surface area contributed by atoms with Crippen LogP contribution in [0, 0.1) is 10.1 Å². The van der Waals surface area contributed by atoms with Crippen molar-refractivity contribution in [1.82, 2.24) is 4.98 Å². The minimum Gasteiger partial charge on any atom is -0.497 e. The number of fused-ring (bicyclic) bond motifs is 1. The second-order valence-electron chi connectivity index (χ2n) is 7.44. The maximum atomic E-state index is 12.5. The van der Waals surface area contributed by atoms with Gasteiger partial charge in [-0.1, -0.05) is 0 Å². The Balaban J connectivity index is 2.02. The third-order valence-corrected chi connectivity index (χ3v) is 4.12. The van der Waals surface area contributed by atoms with Gasteiger partial charge in [0, 0.05) is 5.56 Å². The van der Waals surface area contributed by atoms with Gasteiger partial charge in [-0.15, -0.1) is 0 Å². The maximum absolute atomic E-state index is 12.5. The first kappa shape index (κ1) is 20.8. The molecule has 1 N–H and O–H groups in total. The van der Waals surface area contributed by atoms with Crippen LogP contribution in [-0.2, 0) is 4.74 Å². The molecule has 30 heavy (non-hydrogen) atoms. The van der Waals surface area contributed by atoms with Gasteiger partial charge in [-0.05, 0) is 63.2 Å². The summed E-state index contributed by atoms with van der Waals surface area (Å²) in [5.74, 6) is 0.613. The van der Waals surface area contributed by atoms with Crippen molar-refractivity contribution < 1.29 is 23.9 Å². The first-order valence-corrected chi connectivity index (χ1v) is 8.99. The van der Waals surface area contributed by atoms with Crippen LogP contribution in [0.4, 0.5) is 10.5 Å². The zero-order valence-electron chi connectivity index (χ0n) is 16.8. The lowest BCUT2D eigenvalue weighted by Gasteiger charge is -2.18. The molecule has 0 atom stereocenters. The average Bonchev–Trinajstić information content (AvgIpc) is 2.66. The summed E-state index contributed by atoms with van der Waals surface area (Å²) in [6, 6.07) is 10.4. The molecule has 0 aliphatic rings. The summed E-state index contributed by atoms with van der Waals surface area (Å²) in [4.78, 5) is 38.1. The van der Waals surface area contributed by atoms with E-state index in [1.165, 1.54) is 43.5 Å². The number of methoxy groups -OCH3 is 1. The van der Waals surface area contributed by atoms with Crippen LogP contribution in [0.3, 0.4) is 0 Å². The van der Waals surface area contributed by atoms with E-state index in [2.05, 4.69) is 4.98 Å². The highest BCUT2D eigenvalue weighted by Gasteiger charge is 2.23. The number of hydrogen-bond acceptors (Lipinski definition) is 7. The van der Waals surface area contributed by atoms with Gasteiger partial charge in [-0.2, -0.15) is 0 Å². The van der Waals surface area contributed by atoms with Crippen LogP contribution in [0.25, 0.3) is 22.0 Å². The van der Waals surface area contributed by atoms with Gasteiger partial charge in [-0.3, -0.25) is 14.9 Å². The molecular formula is C21H20N2O7. The molecule has 1 heterocycles. The van der Waals surface area contributed by atoms with Gasteiger partial charge in [0.05, 0.1) is 22.8 Å². The molecular weight excluding hydrogens is 392 g/mol. The standard InChI is InChI=1S/C21H20N2O7/c1-21(2,3)30-20(25)29-13-7-5-12(6-8-13)17-18(23(26)27)15-10-9-14(28-4)11-16(15)19(24)22-17/h5-11H,1-4H3,(H,22,24). The number of pyridine rings is 1. The summed E-state index contributed by atoms with van der Waals surface area (Å²) in [6.45, 7) is 5.13. The predicted octanol–water partition coefficient (Wildman–Crippen LogP) is 4.43. The highest BCUT2D eigenvalue weighted by molar-refractivity contribution is 5.96. The summed E-state index contributed by atoms with van der Waals surface area (Å²) in [6.07, 6.45) is -0.866. The average molecular weight is 412 g/mol. The van der Waals surface area contributed by atoms with E-state index < -0.39 is 22.2 Å². The quantitative estimate of drug-likeness (QED) is 0.291. The lowest BCUT2D eigenvalue weighted by Crippen LogP contribution is -2.25. The van der Waals surface area contributed by atoms with Gasteiger partial charge in [0.25, 0.3) is 5.56 Å². The highest BCUT2D eigenvalue weighted by atomic mass is 16.7. The lowest BCUT2D eigenvalue weighted by atomic mass is 10.0. The van der Waals surface area contributed by atoms with Gasteiger partial charge in [0.1, 0.15) is 22.8 Å². The molecule has 1 aromatic heterocycles. The normalized spacial score (nSPS) is 11.2. The van der Waals surface area contributed by atoms with Crippen LogP contribution in [0.2, 0.25) is 0 Å². The molecule has 0 bridgehead atoms. The smallest absolute Gasteiger partial charge is 0.497 e. The lowest BCUT2D eigenvalue weighted by molar-refractivity contribution is -0.382. The number of rotatable bonds is 4. The van der Waals surface area contributed by atoms with Crippen molar-refractivity contribution in [3.8, 4) is 22.8 Å². The molecule has 3 rings (SSSR count). The van der Waals surface area contributed by atoms with E-state index in [1.54, 1.807) is 26.8 Å². The molecule has 0 amide bonds. The first-order chi connectivity index (χ1) is 14.1. The van der Waals surface area contributed by atoms with Crippen LogP contribution in [0.15, 0.2) is 47.3 Å². The van der Waals surface area contributed by atoms with Gasteiger partial charge in [-0.25, -0.2) is 4.79 Å². The maximum Gasteiger partial charge on any atom is 0.514 e. The monoisotopic (exact) mass is 412 g/mol. The van der Waals surface area contributed by atoms with Crippen LogP contribution in [-0.4, -0.2) is 28.8 Å². The van der Waals surface area contributed by atoms with Crippen molar-refractivity contribution in [2.75, 3.05) is 7.11 Å². The molecule has 0 radical (unpaired) electrons. The van der Waals surface area contributed by atoms with Gasteiger partial charge >= 0.3 is 11.8 Å². The SMILES string of the molecule is COc1ccc2c([N+](=O)[O-])c(-c3ccc(OC(=O)OC(C)(C)C)cc3)[nH]c(=O)c2c1. The Morgan fingerprint density at radius 2 is 1.67 bits per heavy atom. The van der Waals surface area contributed by atoms with E-state index in [4.69, 9.17) is 14.2 Å². The molecule has 0 spiro atoms. The van der Waals surface area contributed by atoms with E-state index in [-0.39, 0.29) is 27.9 Å². The number of aromatic amines is 1. The van der Waals surface area contributed by atoms with Crippen molar-refractivity contribution in [3.63, 3.8) is 0 Å². The van der Waals surface area contributed by atoms with Crippen molar-refractivity contribution in [2.24, 2.45) is 0 Å². The Bertz CT molecular complexity index is 1170. The zero-order valence-corrected chi connectivity index (χ0v) is 16.8. The van der Waals surface area contributed by atoms with E-state index in [0.717, 1.165) is 0 Å². The third-order valence-electron chi connectivity index (χ3n) is 4.12. The van der Waals surface area contributed by atoms with E-state index in [1.807, 2.05) is 0 Å². The largest absolute Gasteiger partial charge is 0.514 e. The van der Waals surface area contributed by atoms with E-state index in [0.29, 0.717) is 11.3 Å². The summed E-state index contributed by atoms with van der Waals surface area (Å²) >= 11 is 0. The Hall–Kier alpha value is -3.88. The number of carbonyl (C=O) groups excluding carboxylic acids is 1. The van der Waals surface area contributed by atoms with Crippen LogP contribution in [0.5, 0.6) is 11.5 Å². The Morgan fingerprint density at radius 3 is 2.23 bits per heavy atom. The second-order valence-corrected chi connectivity index (χ2v) is 7.44. The molecule has 0 fully saturated rings. The molecule has 0 aliphatic carbocycles. The highest BCUT2D eigenvalue weighted by Crippen LogP contribution is 2.35. The molecule has 0 aliphatic heterocycles. The molecule has 3 aromatic rings. The summed E-state index contributed by atoms with van der Waals surface area (Å²) in [5.41, 5.74) is -1.00. The Morgan fingerprint density at radius 1 is 1.03 bits per heavy atom. The van der Waals surface area contributed by atoms with Gasteiger partial charge in [0.15, 0.2) is 0 Å². The van der Waals surface area contributed by atoms with E-state index in [9.17, 15) is 19.7 Å². The first-order valence-electron chi connectivity index (χ1n) is 8.99. The summed E-state index contributed by atoms with van der Waals surface area (Å²) < 4.78 is 15.3. The van der Waals surface area contributed by atoms with Crippen LogP contribution >= 0.6 is 0 Å². The number of aromatic nitrogens is 1. The van der Waals surface area contributed by atoms with E-state index >= 15 is 0 Å². The van der Waals surface area contributed by atoms with Crippen molar-refractivity contribution in [1.29, 1.82) is 0 Å².